The minimum Gasteiger partial charge on any atom is -0.481 e. The van der Waals surface area contributed by atoms with Gasteiger partial charge in [0.1, 0.15) is 6.04 Å². The van der Waals surface area contributed by atoms with Crippen LogP contribution in [0.2, 0.25) is 10.0 Å². The van der Waals surface area contributed by atoms with Gasteiger partial charge in [-0.15, -0.1) is 0 Å². The second kappa shape index (κ2) is 7.93. The van der Waals surface area contributed by atoms with Gasteiger partial charge in [-0.1, -0.05) is 23.2 Å². The largest absolute Gasteiger partial charge is 0.481 e. The molecule has 0 unspecified atom stereocenters. The summed E-state index contributed by atoms with van der Waals surface area (Å²) in [5, 5.41) is 3.48. The van der Waals surface area contributed by atoms with Crippen LogP contribution in [0.15, 0.2) is 36.5 Å². The van der Waals surface area contributed by atoms with Gasteiger partial charge in [0.25, 0.3) is 5.91 Å². The van der Waals surface area contributed by atoms with Gasteiger partial charge in [0.05, 0.1) is 29.0 Å². The van der Waals surface area contributed by atoms with Crippen molar-refractivity contribution in [3.8, 4) is 5.88 Å². The molecule has 6 nitrogen and oxygen atoms in total. The number of halogens is 2. The van der Waals surface area contributed by atoms with Crippen LogP contribution < -0.4 is 10.1 Å². The number of carbonyl (C=O) groups excluding carboxylic acids is 2. The minimum atomic E-state index is -0.543. The van der Waals surface area contributed by atoms with Crippen LogP contribution in [0, 0.1) is 0 Å². The Balaban J connectivity index is 1.72. The summed E-state index contributed by atoms with van der Waals surface area (Å²) in [4.78, 5) is 31.0. The topological polar surface area (TPSA) is 71.5 Å². The van der Waals surface area contributed by atoms with Crippen molar-refractivity contribution < 1.29 is 14.3 Å². The fourth-order valence-corrected chi connectivity index (χ4v) is 3.18. The van der Waals surface area contributed by atoms with E-state index in [1.54, 1.807) is 29.2 Å². The van der Waals surface area contributed by atoms with Gasteiger partial charge in [-0.05, 0) is 37.1 Å². The van der Waals surface area contributed by atoms with Crippen LogP contribution in [0.5, 0.6) is 5.88 Å². The predicted molar refractivity (Wildman–Crippen MR) is 99.9 cm³/mol. The van der Waals surface area contributed by atoms with E-state index in [-0.39, 0.29) is 11.8 Å². The number of benzene rings is 1. The highest BCUT2D eigenvalue weighted by Gasteiger charge is 2.34. The number of nitrogens with zero attached hydrogens (tertiary/aromatic N) is 2. The highest BCUT2D eigenvalue weighted by Crippen LogP contribution is 2.26. The fraction of sp³-hybridized carbons (Fsp3) is 0.278. The van der Waals surface area contributed by atoms with Crippen LogP contribution in [0.4, 0.5) is 5.69 Å². The van der Waals surface area contributed by atoms with Crippen molar-refractivity contribution in [1.29, 1.82) is 0 Å². The first-order chi connectivity index (χ1) is 12.5. The maximum atomic E-state index is 12.8. The van der Waals surface area contributed by atoms with Crippen LogP contribution >= 0.6 is 23.2 Å². The van der Waals surface area contributed by atoms with Gasteiger partial charge in [0.2, 0.25) is 11.8 Å². The molecule has 0 bridgehead atoms. The number of pyridine rings is 1. The van der Waals surface area contributed by atoms with Crippen LogP contribution in [0.25, 0.3) is 0 Å². The van der Waals surface area contributed by atoms with Gasteiger partial charge in [0.15, 0.2) is 0 Å². The number of anilines is 1. The van der Waals surface area contributed by atoms with Gasteiger partial charge in [-0.2, -0.15) is 0 Å². The lowest BCUT2D eigenvalue weighted by atomic mass is 10.1. The molecule has 0 saturated carbocycles. The zero-order chi connectivity index (χ0) is 18.7. The summed E-state index contributed by atoms with van der Waals surface area (Å²) < 4.78 is 4.99. The Hall–Kier alpha value is -2.31. The summed E-state index contributed by atoms with van der Waals surface area (Å²) in [5.74, 6) is -0.0303. The lowest BCUT2D eigenvalue weighted by molar-refractivity contribution is -0.119. The highest BCUT2D eigenvalue weighted by molar-refractivity contribution is 6.42. The zero-order valence-corrected chi connectivity index (χ0v) is 15.5. The molecule has 1 aliphatic heterocycles. The molecule has 1 aromatic carbocycles. The van der Waals surface area contributed by atoms with E-state index in [2.05, 4.69) is 10.3 Å². The number of hydrogen-bond acceptors (Lipinski definition) is 4. The number of aromatic nitrogens is 1. The molecule has 1 fully saturated rings. The molecule has 136 valence electrons. The molecule has 2 aromatic rings. The summed E-state index contributed by atoms with van der Waals surface area (Å²) in [6.45, 7) is 0.512. The molecule has 1 aromatic heterocycles. The maximum Gasteiger partial charge on any atom is 0.254 e. The summed E-state index contributed by atoms with van der Waals surface area (Å²) in [7, 11) is 1.52. The molecule has 1 aliphatic rings. The fourth-order valence-electron chi connectivity index (χ4n) is 2.88. The third-order valence-corrected chi connectivity index (χ3v) is 4.93. The Morgan fingerprint density at radius 1 is 1.23 bits per heavy atom. The molecular weight excluding hydrogens is 377 g/mol. The smallest absolute Gasteiger partial charge is 0.254 e. The Bertz CT molecular complexity index is 827. The number of likely N-dealkylation sites (tertiary alicyclic amines) is 1. The second-order valence-electron chi connectivity index (χ2n) is 5.86. The first-order valence-corrected chi connectivity index (χ1v) is 8.82. The quantitative estimate of drug-likeness (QED) is 0.860. The van der Waals surface area contributed by atoms with E-state index in [4.69, 9.17) is 27.9 Å². The Morgan fingerprint density at radius 2 is 2.04 bits per heavy atom. The molecule has 1 atom stereocenters. The van der Waals surface area contributed by atoms with E-state index in [0.717, 1.165) is 6.42 Å². The summed E-state index contributed by atoms with van der Waals surface area (Å²) in [6.07, 6.45) is 2.87. The highest BCUT2D eigenvalue weighted by atomic mass is 35.5. The average Bonchev–Trinajstić information content (AvgIpc) is 3.14. The normalized spacial score (nSPS) is 16.4. The van der Waals surface area contributed by atoms with Crippen molar-refractivity contribution in [2.24, 2.45) is 0 Å². The first kappa shape index (κ1) is 18.5. The van der Waals surface area contributed by atoms with Gasteiger partial charge >= 0.3 is 0 Å². The molecule has 0 radical (unpaired) electrons. The standard InChI is InChI=1S/C18H17Cl2N3O3/c1-26-16-7-5-12(10-21-16)22-17(24)15-3-2-8-23(15)18(25)11-4-6-13(19)14(20)9-11/h4-7,9-10,15H,2-3,8H2,1H3,(H,22,24)/t15-/m0/s1. The molecule has 1 N–H and O–H groups in total. The molecule has 2 amide bonds. The number of methoxy groups -OCH3 is 1. The Labute approximate surface area is 161 Å². The van der Waals surface area contributed by atoms with Crippen LogP contribution in [-0.4, -0.2) is 41.4 Å². The van der Waals surface area contributed by atoms with Crippen molar-refractivity contribution in [3.63, 3.8) is 0 Å². The maximum absolute atomic E-state index is 12.8. The number of hydrogen-bond donors (Lipinski definition) is 1. The van der Waals surface area contributed by atoms with Gasteiger partial charge in [-0.3, -0.25) is 9.59 Å². The number of rotatable bonds is 4. The molecule has 3 rings (SSSR count). The molecule has 26 heavy (non-hydrogen) atoms. The van der Waals surface area contributed by atoms with Crippen LogP contribution in [0.3, 0.4) is 0 Å². The van der Waals surface area contributed by atoms with Crippen molar-refractivity contribution in [1.82, 2.24) is 9.88 Å². The summed E-state index contributed by atoms with van der Waals surface area (Å²) >= 11 is 11.9. The van der Waals surface area contributed by atoms with Crippen molar-refractivity contribution in [2.45, 2.75) is 18.9 Å². The van der Waals surface area contributed by atoms with Crippen molar-refractivity contribution in [3.05, 3.63) is 52.1 Å². The summed E-state index contributed by atoms with van der Waals surface area (Å²) in [5.41, 5.74) is 0.954. The first-order valence-electron chi connectivity index (χ1n) is 8.06. The third kappa shape index (κ3) is 3.92. The van der Waals surface area contributed by atoms with Crippen molar-refractivity contribution in [2.75, 3.05) is 19.0 Å². The second-order valence-corrected chi connectivity index (χ2v) is 6.68. The number of nitrogens with one attached hydrogen (secondary N) is 1. The number of ether oxygens (including phenoxy) is 1. The average molecular weight is 394 g/mol. The predicted octanol–water partition coefficient (Wildman–Crippen LogP) is 3.64. The van der Waals surface area contributed by atoms with E-state index < -0.39 is 6.04 Å². The monoisotopic (exact) mass is 393 g/mol. The van der Waals surface area contributed by atoms with E-state index >= 15 is 0 Å². The molecule has 2 heterocycles. The molecule has 0 aliphatic carbocycles. The van der Waals surface area contributed by atoms with Crippen LogP contribution in [0.1, 0.15) is 23.2 Å². The Kier molecular flexibility index (Phi) is 5.64. The molecule has 8 heteroatoms. The summed E-state index contributed by atoms with van der Waals surface area (Å²) in [6, 6.07) is 7.52. The number of carbonyl (C=O) groups is 2. The Morgan fingerprint density at radius 3 is 2.69 bits per heavy atom. The van der Waals surface area contributed by atoms with Gasteiger partial charge in [0, 0.05) is 18.2 Å². The van der Waals surface area contributed by atoms with Gasteiger partial charge in [-0.25, -0.2) is 4.98 Å². The van der Waals surface area contributed by atoms with E-state index in [1.807, 2.05) is 0 Å². The molecule has 1 saturated heterocycles. The molecular formula is C18H17Cl2N3O3. The third-order valence-electron chi connectivity index (χ3n) is 4.20. The van der Waals surface area contributed by atoms with E-state index in [0.29, 0.717) is 40.1 Å². The van der Waals surface area contributed by atoms with E-state index in [1.165, 1.54) is 19.4 Å². The zero-order valence-electron chi connectivity index (χ0n) is 14.0. The van der Waals surface area contributed by atoms with Gasteiger partial charge < -0.3 is 15.0 Å². The van der Waals surface area contributed by atoms with Crippen LogP contribution in [-0.2, 0) is 4.79 Å². The SMILES string of the molecule is COc1ccc(NC(=O)[C@@H]2CCCN2C(=O)c2ccc(Cl)c(Cl)c2)cn1. The number of amides is 2. The lowest BCUT2D eigenvalue weighted by Crippen LogP contribution is -2.43. The van der Waals surface area contributed by atoms with Crippen molar-refractivity contribution >= 4 is 40.7 Å². The lowest BCUT2D eigenvalue weighted by Gasteiger charge is -2.24. The molecule has 0 spiro atoms. The minimum absolute atomic E-state index is 0.242. The van der Waals surface area contributed by atoms with E-state index in [9.17, 15) is 9.59 Å².